The highest BCUT2D eigenvalue weighted by Gasteiger charge is 2.51. The van der Waals surface area contributed by atoms with Crippen LogP contribution >= 0.6 is 11.6 Å². The highest BCUT2D eigenvalue weighted by molar-refractivity contribution is 6.30. The van der Waals surface area contributed by atoms with Crippen LogP contribution in [-0.2, 0) is 10.2 Å². The van der Waals surface area contributed by atoms with Crippen LogP contribution in [0.4, 0.5) is 5.69 Å². The molecule has 0 spiro atoms. The first-order chi connectivity index (χ1) is 9.60. The zero-order valence-corrected chi connectivity index (χ0v) is 11.5. The molecule has 1 fully saturated rings. The van der Waals surface area contributed by atoms with Gasteiger partial charge in [-0.2, -0.15) is 0 Å². The minimum atomic E-state index is -0.456. The van der Waals surface area contributed by atoms with Crippen LogP contribution in [0, 0.1) is 0 Å². The Bertz CT molecular complexity index is 648. The Morgan fingerprint density at radius 3 is 2.45 bits per heavy atom. The van der Waals surface area contributed by atoms with Crippen molar-refractivity contribution in [2.75, 3.05) is 5.32 Å². The number of rotatable bonds is 3. The number of anilines is 1. The van der Waals surface area contributed by atoms with Crippen LogP contribution in [0.3, 0.4) is 0 Å². The van der Waals surface area contributed by atoms with Gasteiger partial charge in [0.2, 0.25) is 5.91 Å². The average molecular weight is 288 g/mol. The second-order valence-electron chi connectivity index (χ2n) is 5.09. The molecule has 1 aliphatic carbocycles. The Kier molecular flexibility index (Phi) is 3.14. The van der Waals surface area contributed by atoms with Crippen LogP contribution in [0.5, 0.6) is 5.75 Å². The maximum absolute atomic E-state index is 12.5. The Hall–Kier alpha value is -2.00. The summed E-state index contributed by atoms with van der Waals surface area (Å²) in [6, 6.07) is 13.9. The average Bonchev–Trinajstić information content (AvgIpc) is 3.23. The first-order valence-electron chi connectivity index (χ1n) is 6.47. The fraction of sp³-hybridized carbons (Fsp3) is 0.188. The van der Waals surface area contributed by atoms with E-state index in [1.165, 1.54) is 0 Å². The smallest absolute Gasteiger partial charge is 0.235 e. The topological polar surface area (TPSA) is 49.3 Å². The Labute approximate surface area is 122 Å². The minimum absolute atomic E-state index is 0.0227. The van der Waals surface area contributed by atoms with Crippen molar-refractivity contribution in [2.45, 2.75) is 18.3 Å². The Morgan fingerprint density at radius 1 is 1.15 bits per heavy atom. The molecule has 0 atom stereocenters. The molecule has 2 aromatic rings. The number of nitrogens with one attached hydrogen (secondary N) is 1. The molecule has 4 heteroatoms. The summed E-state index contributed by atoms with van der Waals surface area (Å²) in [5.74, 6) is 0.157. The lowest BCUT2D eigenvalue weighted by Gasteiger charge is -2.16. The van der Waals surface area contributed by atoms with Crippen molar-refractivity contribution >= 4 is 23.2 Å². The van der Waals surface area contributed by atoms with Gasteiger partial charge in [-0.3, -0.25) is 4.79 Å². The molecule has 2 aromatic carbocycles. The number of halogens is 1. The second kappa shape index (κ2) is 4.84. The van der Waals surface area contributed by atoms with Gasteiger partial charge in [0.25, 0.3) is 0 Å². The molecule has 20 heavy (non-hydrogen) atoms. The maximum atomic E-state index is 12.5. The molecule has 1 saturated carbocycles. The lowest BCUT2D eigenvalue weighted by Crippen LogP contribution is -2.27. The second-order valence-corrected chi connectivity index (χ2v) is 5.53. The highest BCUT2D eigenvalue weighted by atomic mass is 35.5. The fourth-order valence-corrected chi connectivity index (χ4v) is 2.54. The maximum Gasteiger partial charge on any atom is 0.235 e. The number of aromatic hydroxyl groups is 1. The number of hydrogen-bond donors (Lipinski definition) is 2. The van der Waals surface area contributed by atoms with E-state index in [1.807, 2.05) is 18.2 Å². The fourth-order valence-electron chi connectivity index (χ4n) is 2.35. The minimum Gasteiger partial charge on any atom is -0.508 e. The number of amides is 1. The van der Waals surface area contributed by atoms with Gasteiger partial charge in [0.15, 0.2) is 0 Å². The van der Waals surface area contributed by atoms with Crippen LogP contribution < -0.4 is 5.32 Å². The third kappa shape index (κ3) is 2.37. The van der Waals surface area contributed by atoms with Gasteiger partial charge in [-0.25, -0.2) is 0 Å². The highest BCUT2D eigenvalue weighted by Crippen LogP contribution is 2.49. The summed E-state index contributed by atoms with van der Waals surface area (Å²) in [7, 11) is 0. The lowest BCUT2D eigenvalue weighted by molar-refractivity contribution is -0.118. The van der Waals surface area contributed by atoms with E-state index < -0.39 is 5.41 Å². The molecule has 2 N–H and O–H groups in total. The summed E-state index contributed by atoms with van der Waals surface area (Å²) < 4.78 is 0. The number of benzene rings is 2. The van der Waals surface area contributed by atoms with Gasteiger partial charge < -0.3 is 10.4 Å². The van der Waals surface area contributed by atoms with Crippen molar-refractivity contribution in [1.82, 2.24) is 0 Å². The molecule has 3 nitrogen and oxygen atoms in total. The molecule has 0 radical (unpaired) electrons. The molecule has 102 valence electrons. The van der Waals surface area contributed by atoms with Gasteiger partial charge in [0.1, 0.15) is 5.75 Å². The van der Waals surface area contributed by atoms with Crippen molar-refractivity contribution in [3.63, 3.8) is 0 Å². The van der Waals surface area contributed by atoms with Crippen molar-refractivity contribution in [1.29, 1.82) is 0 Å². The number of phenols is 1. The van der Waals surface area contributed by atoms with E-state index in [0.29, 0.717) is 10.7 Å². The van der Waals surface area contributed by atoms with Crippen molar-refractivity contribution in [2.24, 2.45) is 0 Å². The molecule has 0 heterocycles. The third-order valence-electron chi connectivity index (χ3n) is 3.69. The predicted octanol–water partition coefficient (Wildman–Crippen LogP) is 3.72. The van der Waals surface area contributed by atoms with Gasteiger partial charge in [0.05, 0.1) is 5.41 Å². The van der Waals surface area contributed by atoms with E-state index in [-0.39, 0.29) is 11.7 Å². The quantitative estimate of drug-likeness (QED) is 0.845. The zero-order valence-electron chi connectivity index (χ0n) is 10.8. The molecular weight excluding hydrogens is 274 g/mol. The normalized spacial score (nSPS) is 15.7. The van der Waals surface area contributed by atoms with E-state index in [1.54, 1.807) is 30.3 Å². The Balaban J connectivity index is 1.81. The number of hydrogen-bond acceptors (Lipinski definition) is 2. The Morgan fingerprint density at radius 2 is 1.85 bits per heavy atom. The van der Waals surface area contributed by atoms with E-state index >= 15 is 0 Å². The molecule has 0 unspecified atom stereocenters. The monoisotopic (exact) mass is 287 g/mol. The molecular formula is C16H14ClNO2. The lowest BCUT2D eigenvalue weighted by atomic mass is 9.95. The molecule has 0 aromatic heterocycles. The summed E-state index contributed by atoms with van der Waals surface area (Å²) >= 11 is 6.00. The number of carbonyl (C=O) groups is 1. The zero-order chi connectivity index (χ0) is 14.2. The van der Waals surface area contributed by atoms with Crippen LogP contribution in [0.1, 0.15) is 18.4 Å². The van der Waals surface area contributed by atoms with Crippen LogP contribution in [0.25, 0.3) is 0 Å². The van der Waals surface area contributed by atoms with Gasteiger partial charge in [-0.05, 0) is 54.8 Å². The number of phenolic OH excluding ortho intramolecular Hbond substituents is 1. The first kappa shape index (κ1) is 13.0. The van der Waals surface area contributed by atoms with E-state index in [9.17, 15) is 9.90 Å². The first-order valence-corrected chi connectivity index (χ1v) is 6.84. The molecule has 3 rings (SSSR count). The summed E-state index contributed by atoms with van der Waals surface area (Å²) in [6.07, 6.45) is 1.66. The summed E-state index contributed by atoms with van der Waals surface area (Å²) in [6.45, 7) is 0. The SMILES string of the molecule is O=C(Nc1ccc(O)cc1)C1(c2cccc(Cl)c2)CC1. The van der Waals surface area contributed by atoms with Crippen molar-refractivity contribution in [3.05, 3.63) is 59.1 Å². The molecule has 0 saturated heterocycles. The van der Waals surface area contributed by atoms with E-state index in [0.717, 1.165) is 18.4 Å². The standard InChI is InChI=1S/C16H14ClNO2/c17-12-3-1-2-11(10-12)16(8-9-16)15(20)18-13-4-6-14(19)7-5-13/h1-7,10,19H,8-9H2,(H,18,20). The van der Waals surface area contributed by atoms with Gasteiger partial charge in [-0.15, -0.1) is 0 Å². The largest absolute Gasteiger partial charge is 0.508 e. The van der Waals surface area contributed by atoms with Gasteiger partial charge in [0, 0.05) is 10.7 Å². The molecule has 1 aliphatic rings. The predicted molar refractivity (Wildman–Crippen MR) is 79.1 cm³/mol. The van der Waals surface area contributed by atoms with Crippen LogP contribution in [-0.4, -0.2) is 11.0 Å². The van der Waals surface area contributed by atoms with E-state index in [2.05, 4.69) is 5.32 Å². The molecule has 1 amide bonds. The van der Waals surface area contributed by atoms with Gasteiger partial charge in [-0.1, -0.05) is 23.7 Å². The van der Waals surface area contributed by atoms with Crippen molar-refractivity contribution < 1.29 is 9.90 Å². The van der Waals surface area contributed by atoms with Gasteiger partial charge >= 0.3 is 0 Å². The van der Waals surface area contributed by atoms with Crippen molar-refractivity contribution in [3.8, 4) is 5.75 Å². The summed E-state index contributed by atoms with van der Waals surface area (Å²) in [5, 5.41) is 12.8. The summed E-state index contributed by atoms with van der Waals surface area (Å²) in [4.78, 5) is 12.5. The summed E-state index contributed by atoms with van der Waals surface area (Å²) in [5.41, 5.74) is 1.19. The van der Waals surface area contributed by atoms with Crippen LogP contribution in [0.15, 0.2) is 48.5 Å². The van der Waals surface area contributed by atoms with Crippen LogP contribution in [0.2, 0.25) is 5.02 Å². The molecule has 0 bridgehead atoms. The third-order valence-corrected chi connectivity index (χ3v) is 3.92. The molecule has 0 aliphatic heterocycles. The number of carbonyl (C=O) groups excluding carboxylic acids is 1. The van der Waals surface area contributed by atoms with E-state index in [4.69, 9.17) is 11.6 Å².